The summed E-state index contributed by atoms with van der Waals surface area (Å²) < 4.78 is 4.92. The summed E-state index contributed by atoms with van der Waals surface area (Å²) in [6.45, 7) is -0.348. The first-order chi connectivity index (χ1) is 10.6. The molecular weight excluding hydrogens is 304 g/mol. The highest BCUT2D eigenvalue weighted by Gasteiger charge is 2.10. The van der Waals surface area contributed by atoms with Crippen LogP contribution in [0, 0.1) is 0 Å². The number of anilines is 1. The van der Waals surface area contributed by atoms with Crippen LogP contribution in [-0.4, -0.2) is 23.5 Å². The fourth-order valence-corrected chi connectivity index (χ4v) is 1.94. The van der Waals surface area contributed by atoms with E-state index in [9.17, 15) is 9.59 Å². The van der Waals surface area contributed by atoms with Crippen molar-refractivity contribution in [3.8, 4) is 0 Å². The van der Waals surface area contributed by atoms with Crippen molar-refractivity contribution in [3.63, 3.8) is 0 Å². The van der Waals surface area contributed by atoms with Crippen molar-refractivity contribution in [2.24, 2.45) is 0 Å². The topological polar surface area (TPSA) is 68.3 Å². The zero-order valence-corrected chi connectivity index (χ0v) is 12.5. The second-order valence-corrected chi connectivity index (χ2v) is 4.89. The Morgan fingerprint density at radius 3 is 2.64 bits per heavy atom. The molecule has 0 saturated carbocycles. The number of carbonyl (C=O) groups is 2. The third-order valence-electron chi connectivity index (χ3n) is 2.86. The second kappa shape index (κ2) is 8.14. The van der Waals surface area contributed by atoms with E-state index in [1.165, 1.54) is 6.20 Å². The van der Waals surface area contributed by atoms with Gasteiger partial charge in [0.05, 0.1) is 5.69 Å². The van der Waals surface area contributed by atoms with Gasteiger partial charge in [-0.3, -0.25) is 9.59 Å². The Kier molecular flexibility index (Phi) is 5.91. The van der Waals surface area contributed by atoms with Gasteiger partial charge in [0.2, 0.25) is 0 Å². The van der Waals surface area contributed by atoms with Gasteiger partial charge in [-0.15, -0.1) is 0 Å². The Morgan fingerprint density at radius 1 is 1.14 bits per heavy atom. The predicted octanol–water partition coefficient (Wildman–Crippen LogP) is 2.85. The van der Waals surface area contributed by atoms with Gasteiger partial charge in [0.15, 0.2) is 11.8 Å². The summed E-state index contributed by atoms with van der Waals surface area (Å²) in [6.07, 6.45) is 2.32. The van der Waals surface area contributed by atoms with E-state index in [1.54, 1.807) is 12.1 Å². The predicted molar refractivity (Wildman–Crippen MR) is 83.6 cm³/mol. The molecule has 1 N–H and O–H groups in total. The summed E-state index contributed by atoms with van der Waals surface area (Å²) in [5.41, 5.74) is 1.43. The van der Waals surface area contributed by atoms with E-state index >= 15 is 0 Å². The Labute approximate surface area is 133 Å². The van der Waals surface area contributed by atoms with E-state index < -0.39 is 11.9 Å². The number of pyridine rings is 1. The molecule has 0 saturated heterocycles. The lowest BCUT2D eigenvalue weighted by Crippen LogP contribution is -2.21. The lowest BCUT2D eigenvalue weighted by molar-refractivity contribution is -0.147. The number of aromatic nitrogens is 1. The molecule has 1 aromatic heterocycles. The summed E-state index contributed by atoms with van der Waals surface area (Å²) in [5, 5.41) is 2.72. The molecule has 6 heteroatoms. The van der Waals surface area contributed by atoms with Crippen LogP contribution in [0.15, 0.2) is 48.7 Å². The van der Waals surface area contributed by atoms with Gasteiger partial charge in [0.1, 0.15) is 0 Å². The molecule has 0 aliphatic carbocycles. The largest absolute Gasteiger partial charge is 0.456 e. The fraction of sp³-hybridized carbons (Fsp3) is 0.188. The molecule has 2 aromatic rings. The van der Waals surface area contributed by atoms with Gasteiger partial charge in [-0.1, -0.05) is 41.9 Å². The summed E-state index contributed by atoms with van der Waals surface area (Å²) in [5.74, 6) is -0.876. The Bertz CT molecular complexity index is 647. The average molecular weight is 319 g/mol. The van der Waals surface area contributed by atoms with Crippen LogP contribution < -0.4 is 5.32 Å². The summed E-state index contributed by atoms with van der Waals surface area (Å²) in [6, 6.07) is 12.9. The summed E-state index contributed by atoms with van der Waals surface area (Å²) in [4.78, 5) is 27.1. The lowest BCUT2D eigenvalue weighted by Gasteiger charge is -2.07. The minimum atomic E-state index is -0.456. The number of halogens is 1. The molecule has 1 amide bonds. The van der Waals surface area contributed by atoms with E-state index in [0.29, 0.717) is 12.1 Å². The molecule has 0 radical (unpaired) electrons. The summed E-state index contributed by atoms with van der Waals surface area (Å²) in [7, 11) is 0. The number of amides is 1. The average Bonchev–Trinajstić information content (AvgIpc) is 2.54. The molecule has 0 aliphatic heterocycles. The minimum absolute atomic E-state index is 0.186. The molecule has 0 aliphatic rings. The third kappa shape index (κ3) is 5.18. The summed E-state index contributed by atoms with van der Waals surface area (Å²) >= 11 is 5.81. The van der Waals surface area contributed by atoms with Gasteiger partial charge in [-0.2, -0.15) is 0 Å². The van der Waals surface area contributed by atoms with Crippen LogP contribution in [0.25, 0.3) is 0 Å². The first-order valence-electron chi connectivity index (χ1n) is 6.75. The van der Waals surface area contributed by atoms with Crippen molar-refractivity contribution >= 4 is 29.2 Å². The van der Waals surface area contributed by atoms with Crippen LogP contribution in [0.3, 0.4) is 0 Å². The maximum Gasteiger partial charge on any atom is 0.306 e. The highest BCUT2D eigenvalue weighted by molar-refractivity contribution is 6.32. The molecule has 0 unspecified atom stereocenters. The van der Waals surface area contributed by atoms with Gasteiger partial charge >= 0.3 is 5.97 Å². The minimum Gasteiger partial charge on any atom is -0.456 e. The van der Waals surface area contributed by atoms with Crippen LogP contribution >= 0.6 is 11.6 Å². The number of nitrogens with one attached hydrogen (secondary N) is 1. The highest BCUT2D eigenvalue weighted by atomic mass is 35.5. The van der Waals surface area contributed by atoms with E-state index in [4.69, 9.17) is 16.3 Å². The van der Waals surface area contributed by atoms with E-state index in [0.717, 1.165) is 5.56 Å². The van der Waals surface area contributed by atoms with Crippen molar-refractivity contribution in [1.82, 2.24) is 4.98 Å². The van der Waals surface area contributed by atoms with Gasteiger partial charge in [-0.05, 0) is 24.1 Å². The number of benzene rings is 1. The van der Waals surface area contributed by atoms with Gasteiger partial charge in [0.25, 0.3) is 5.91 Å². The van der Waals surface area contributed by atoms with Crippen molar-refractivity contribution in [1.29, 1.82) is 0 Å². The Hall–Kier alpha value is -2.40. The quantitative estimate of drug-likeness (QED) is 0.657. The molecule has 0 spiro atoms. The van der Waals surface area contributed by atoms with E-state index in [2.05, 4.69) is 10.3 Å². The Balaban J connectivity index is 1.72. The number of aryl methyl sites for hydroxylation is 1. The van der Waals surface area contributed by atoms with Crippen LogP contribution in [0.5, 0.6) is 0 Å². The molecule has 1 heterocycles. The SMILES string of the molecule is O=C(COC(=O)CCc1ccccc1)Nc1cccnc1Cl. The molecule has 2 rings (SSSR count). The normalized spacial score (nSPS) is 10.0. The lowest BCUT2D eigenvalue weighted by atomic mass is 10.1. The fourth-order valence-electron chi connectivity index (χ4n) is 1.77. The van der Waals surface area contributed by atoms with Crippen molar-refractivity contribution in [3.05, 3.63) is 59.4 Å². The third-order valence-corrected chi connectivity index (χ3v) is 3.16. The molecule has 0 fully saturated rings. The molecular formula is C16H15ClN2O3. The van der Waals surface area contributed by atoms with Gasteiger partial charge in [0, 0.05) is 12.6 Å². The number of nitrogens with zero attached hydrogens (tertiary/aromatic N) is 1. The zero-order valence-electron chi connectivity index (χ0n) is 11.8. The van der Waals surface area contributed by atoms with Crippen LogP contribution in [0.2, 0.25) is 5.15 Å². The van der Waals surface area contributed by atoms with E-state index in [1.807, 2.05) is 30.3 Å². The van der Waals surface area contributed by atoms with Gasteiger partial charge < -0.3 is 10.1 Å². The Morgan fingerprint density at radius 2 is 1.91 bits per heavy atom. The maximum absolute atomic E-state index is 11.7. The monoisotopic (exact) mass is 318 g/mol. The maximum atomic E-state index is 11.7. The number of ether oxygens (including phenoxy) is 1. The number of carbonyl (C=O) groups excluding carboxylic acids is 2. The molecule has 114 valence electrons. The van der Waals surface area contributed by atoms with Crippen LogP contribution in [0.4, 0.5) is 5.69 Å². The smallest absolute Gasteiger partial charge is 0.306 e. The number of rotatable bonds is 6. The van der Waals surface area contributed by atoms with Crippen molar-refractivity contribution in [2.75, 3.05) is 11.9 Å². The molecule has 0 bridgehead atoms. The number of hydrogen-bond donors (Lipinski definition) is 1. The number of hydrogen-bond acceptors (Lipinski definition) is 4. The van der Waals surface area contributed by atoms with Gasteiger partial charge in [-0.25, -0.2) is 4.98 Å². The van der Waals surface area contributed by atoms with E-state index in [-0.39, 0.29) is 18.2 Å². The zero-order chi connectivity index (χ0) is 15.8. The molecule has 5 nitrogen and oxygen atoms in total. The van der Waals surface area contributed by atoms with Crippen molar-refractivity contribution < 1.29 is 14.3 Å². The molecule has 22 heavy (non-hydrogen) atoms. The van der Waals surface area contributed by atoms with Crippen LogP contribution in [-0.2, 0) is 20.7 Å². The van der Waals surface area contributed by atoms with Crippen LogP contribution in [0.1, 0.15) is 12.0 Å². The second-order valence-electron chi connectivity index (χ2n) is 4.54. The number of esters is 1. The highest BCUT2D eigenvalue weighted by Crippen LogP contribution is 2.17. The molecule has 0 atom stereocenters. The first kappa shape index (κ1) is 16.0. The molecule has 1 aromatic carbocycles. The standard InChI is InChI=1S/C16H15ClN2O3/c17-16-13(7-4-10-18-16)19-14(20)11-22-15(21)9-8-12-5-2-1-3-6-12/h1-7,10H,8-9,11H2,(H,19,20). The first-order valence-corrected chi connectivity index (χ1v) is 7.13. The van der Waals surface area contributed by atoms with Crippen molar-refractivity contribution in [2.45, 2.75) is 12.8 Å².